The Hall–Kier alpha value is -2.60. The molecule has 0 amide bonds. The number of aliphatic imine (C=N–C) groups is 2. The van der Waals surface area contributed by atoms with E-state index in [0.717, 1.165) is 12.1 Å². The third-order valence-corrected chi connectivity index (χ3v) is 3.37. The van der Waals surface area contributed by atoms with E-state index in [4.69, 9.17) is 23.1 Å². The zero-order valence-corrected chi connectivity index (χ0v) is 13.6. The number of likely N-dealkylation sites (N-methyl/N-ethyl adjacent to an activating group) is 1. The van der Waals surface area contributed by atoms with Crippen LogP contribution in [0.4, 0.5) is 5.69 Å². The van der Waals surface area contributed by atoms with Gasteiger partial charge in [-0.05, 0) is 36.4 Å². The minimum Gasteiger partial charge on any atom is -0.369 e. The van der Waals surface area contributed by atoms with E-state index >= 15 is 0 Å². The first kappa shape index (κ1) is 16.8. The lowest BCUT2D eigenvalue weighted by Crippen LogP contribution is -2.37. The number of nitrogens with zero attached hydrogens (tertiary/aromatic N) is 4. The van der Waals surface area contributed by atoms with Crippen LogP contribution in [-0.4, -0.2) is 35.4 Å². The quantitative estimate of drug-likeness (QED) is 0.663. The molecule has 6 nitrogen and oxygen atoms in total. The van der Waals surface area contributed by atoms with Crippen LogP contribution in [0.1, 0.15) is 5.69 Å². The summed E-state index contributed by atoms with van der Waals surface area (Å²) in [5.41, 5.74) is 13.4. The first-order valence-corrected chi connectivity index (χ1v) is 7.47. The summed E-state index contributed by atoms with van der Waals surface area (Å²) >= 11 is 5.82. The summed E-state index contributed by atoms with van der Waals surface area (Å²) < 4.78 is 0. The Balaban J connectivity index is 1.95. The molecule has 0 bridgehead atoms. The molecule has 1 aromatic carbocycles. The van der Waals surface area contributed by atoms with Crippen molar-refractivity contribution in [2.75, 3.05) is 13.6 Å². The van der Waals surface area contributed by atoms with Crippen LogP contribution in [0.3, 0.4) is 0 Å². The molecule has 2 aromatic rings. The summed E-state index contributed by atoms with van der Waals surface area (Å²) in [7, 11) is 1.84. The van der Waals surface area contributed by atoms with E-state index < -0.39 is 0 Å². The van der Waals surface area contributed by atoms with Crippen LogP contribution in [0.15, 0.2) is 58.6 Å². The molecule has 23 heavy (non-hydrogen) atoms. The Morgan fingerprint density at radius 1 is 1.17 bits per heavy atom. The molecule has 0 radical (unpaired) electrons. The number of rotatable bonds is 4. The van der Waals surface area contributed by atoms with Crippen molar-refractivity contribution in [3.8, 4) is 0 Å². The van der Waals surface area contributed by atoms with Crippen LogP contribution in [0, 0.1) is 0 Å². The fourth-order valence-electron chi connectivity index (χ4n) is 1.82. The SMILES string of the molecule is CN(CCc1ccccn1)/C(N)=N/C(N)=Nc1ccc(Cl)cc1. The Morgan fingerprint density at radius 3 is 2.57 bits per heavy atom. The van der Waals surface area contributed by atoms with Gasteiger partial charge in [-0.15, -0.1) is 0 Å². The van der Waals surface area contributed by atoms with Gasteiger partial charge in [0.05, 0.1) is 5.69 Å². The number of hydrogen-bond donors (Lipinski definition) is 2. The zero-order valence-electron chi connectivity index (χ0n) is 12.9. The zero-order chi connectivity index (χ0) is 16.7. The van der Waals surface area contributed by atoms with E-state index in [2.05, 4.69) is 15.0 Å². The third-order valence-electron chi connectivity index (χ3n) is 3.12. The highest BCUT2D eigenvalue weighted by Crippen LogP contribution is 2.16. The highest BCUT2D eigenvalue weighted by atomic mass is 35.5. The largest absolute Gasteiger partial charge is 0.369 e. The minimum atomic E-state index is 0.0921. The number of guanidine groups is 2. The number of nitrogens with two attached hydrogens (primary N) is 2. The molecule has 2 rings (SSSR count). The summed E-state index contributed by atoms with van der Waals surface area (Å²) in [6.07, 6.45) is 2.53. The normalized spacial score (nSPS) is 12.3. The average molecular weight is 331 g/mol. The minimum absolute atomic E-state index is 0.0921. The summed E-state index contributed by atoms with van der Waals surface area (Å²) in [5.74, 6) is 0.394. The molecule has 0 saturated heterocycles. The van der Waals surface area contributed by atoms with Gasteiger partial charge in [-0.1, -0.05) is 17.7 Å². The van der Waals surface area contributed by atoms with Crippen molar-refractivity contribution < 1.29 is 0 Å². The third kappa shape index (κ3) is 5.60. The van der Waals surface area contributed by atoms with Gasteiger partial charge in [0.2, 0.25) is 5.96 Å². The smallest absolute Gasteiger partial charge is 0.223 e. The molecule has 0 spiro atoms. The summed E-state index contributed by atoms with van der Waals surface area (Å²) in [4.78, 5) is 14.3. The fraction of sp³-hybridized carbons (Fsp3) is 0.188. The van der Waals surface area contributed by atoms with Crippen molar-refractivity contribution in [2.45, 2.75) is 6.42 Å². The standard InChI is InChI=1S/C16H19ClN6/c1-23(11-9-13-4-2-3-10-20-13)16(19)22-15(18)21-14-7-5-12(17)6-8-14/h2-8,10H,9,11H2,1H3,(H4,18,19,21,22). The molecular formula is C16H19ClN6. The molecule has 0 unspecified atom stereocenters. The number of pyridine rings is 1. The van der Waals surface area contributed by atoms with E-state index in [1.807, 2.05) is 25.2 Å². The van der Waals surface area contributed by atoms with Gasteiger partial charge < -0.3 is 16.4 Å². The Labute approximate surface area is 140 Å². The highest BCUT2D eigenvalue weighted by Gasteiger charge is 2.04. The highest BCUT2D eigenvalue weighted by molar-refractivity contribution is 6.30. The van der Waals surface area contributed by atoms with Crippen molar-refractivity contribution in [3.63, 3.8) is 0 Å². The molecule has 0 aliphatic rings. The lowest BCUT2D eigenvalue weighted by molar-refractivity contribution is 0.500. The van der Waals surface area contributed by atoms with Crippen LogP contribution < -0.4 is 11.5 Å². The maximum atomic E-state index is 5.93. The van der Waals surface area contributed by atoms with Crippen LogP contribution in [-0.2, 0) is 6.42 Å². The predicted molar refractivity (Wildman–Crippen MR) is 94.9 cm³/mol. The summed E-state index contributed by atoms with van der Waals surface area (Å²) in [5, 5.41) is 0.639. The molecule has 0 saturated carbocycles. The Morgan fingerprint density at radius 2 is 1.91 bits per heavy atom. The molecule has 4 N–H and O–H groups in total. The number of aromatic nitrogens is 1. The predicted octanol–water partition coefficient (Wildman–Crippen LogP) is 2.17. The number of benzene rings is 1. The van der Waals surface area contributed by atoms with E-state index in [9.17, 15) is 0 Å². The van der Waals surface area contributed by atoms with Crippen LogP contribution in [0.2, 0.25) is 5.02 Å². The fourth-order valence-corrected chi connectivity index (χ4v) is 1.94. The van der Waals surface area contributed by atoms with Crippen LogP contribution in [0.25, 0.3) is 0 Å². The van der Waals surface area contributed by atoms with Gasteiger partial charge in [0, 0.05) is 36.9 Å². The van der Waals surface area contributed by atoms with Crippen molar-refractivity contribution in [3.05, 3.63) is 59.4 Å². The molecule has 0 fully saturated rings. The lowest BCUT2D eigenvalue weighted by atomic mass is 10.2. The van der Waals surface area contributed by atoms with Gasteiger partial charge in [0.25, 0.3) is 0 Å². The maximum absolute atomic E-state index is 5.93. The molecule has 0 aliphatic heterocycles. The number of hydrogen-bond acceptors (Lipinski definition) is 2. The van der Waals surface area contributed by atoms with Gasteiger partial charge in [-0.25, -0.2) is 4.99 Å². The molecule has 0 aliphatic carbocycles. The van der Waals surface area contributed by atoms with E-state index in [0.29, 0.717) is 23.2 Å². The molecular weight excluding hydrogens is 312 g/mol. The second kappa shape index (κ2) is 8.14. The maximum Gasteiger partial charge on any atom is 0.223 e. The Bertz CT molecular complexity index is 681. The monoisotopic (exact) mass is 330 g/mol. The second-order valence-corrected chi connectivity index (χ2v) is 5.35. The Kier molecular flexibility index (Phi) is 5.94. The van der Waals surface area contributed by atoms with Crippen molar-refractivity contribution >= 4 is 29.2 Å². The van der Waals surface area contributed by atoms with E-state index in [-0.39, 0.29) is 5.96 Å². The molecule has 1 heterocycles. The average Bonchev–Trinajstić information content (AvgIpc) is 2.55. The van der Waals surface area contributed by atoms with E-state index in [1.165, 1.54) is 0 Å². The van der Waals surface area contributed by atoms with Gasteiger partial charge in [-0.3, -0.25) is 4.98 Å². The summed E-state index contributed by atoms with van der Waals surface area (Å²) in [6, 6.07) is 12.8. The van der Waals surface area contributed by atoms with Gasteiger partial charge in [0.1, 0.15) is 0 Å². The van der Waals surface area contributed by atoms with Crippen molar-refractivity contribution in [1.29, 1.82) is 0 Å². The van der Waals surface area contributed by atoms with E-state index in [1.54, 1.807) is 35.4 Å². The number of halogens is 1. The molecule has 7 heteroatoms. The van der Waals surface area contributed by atoms with Crippen molar-refractivity contribution in [2.24, 2.45) is 21.5 Å². The van der Waals surface area contributed by atoms with Gasteiger partial charge >= 0.3 is 0 Å². The van der Waals surface area contributed by atoms with Gasteiger partial charge in [0.15, 0.2) is 5.96 Å². The first-order chi connectivity index (χ1) is 11.0. The van der Waals surface area contributed by atoms with Crippen molar-refractivity contribution in [1.82, 2.24) is 9.88 Å². The first-order valence-electron chi connectivity index (χ1n) is 7.09. The molecule has 0 atom stereocenters. The van der Waals surface area contributed by atoms with Crippen LogP contribution in [0.5, 0.6) is 0 Å². The molecule has 1 aromatic heterocycles. The second-order valence-electron chi connectivity index (χ2n) is 4.91. The topological polar surface area (TPSA) is 92.9 Å². The summed E-state index contributed by atoms with van der Waals surface area (Å²) in [6.45, 7) is 0.681. The lowest BCUT2D eigenvalue weighted by Gasteiger charge is -2.17. The van der Waals surface area contributed by atoms with Gasteiger partial charge in [-0.2, -0.15) is 4.99 Å². The molecule has 120 valence electrons. The van der Waals surface area contributed by atoms with Crippen LogP contribution >= 0.6 is 11.6 Å².